The summed E-state index contributed by atoms with van der Waals surface area (Å²) in [6, 6.07) is 20.5. The first-order valence-electron chi connectivity index (χ1n) is 14.4. The second-order valence-corrected chi connectivity index (χ2v) is 11.0. The van der Waals surface area contributed by atoms with Gasteiger partial charge in [0.05, 0.1) is 17.3 Å². The normalized spacial score (nSPS) is 15.9. The highest BCUT2D eigenvalue weighted by molar-refractivity contribution is 6.27. The van der Waals surface area contributed by atoms with Gasteiger partial charge in [-0.3, -0.25) is 14.8 Å². The third-order valence-corrected chi connectivity index (χ3v) is 8.19. The monoisotopic (exact) mass is 547 g/mol. The van der Waals surface area contributed by atoms with Crippen LogP contribution in [0.25, 0.3) is 33.6 Å². The summed E-state index contributed by atoms with van der Waals surface area (Å²) in [6.45, 7) is 6.92. The van der Waals surface area contributed by atoms with Crippen molar-refractivity contribution in [2.45, 2.75) is 19.4 Å². The molecule has 1 fully saturated rings. The number of carbonyl (C=O) groups is 1. The predicted octanol–water partition coefficient (Wildman–Crippen LogP) is 4.66. The molecule has 1 aliphatic heterocycles. The zero-order valence-electron chi connectivity index (χ0n) is 24.0. The van der Waals surface area contributed by atoms with Gasteiger partial charge in [-0.05, 0) is 54.9 Å². The number of likely N-dealkylation sites (N-methyl/N-ethyl adjacent to an activating group) is 1. The molecule has 5 aromatic rings. The molecule has 6 rings (SSSR count). The molecule has 0 aliphatic carbocycles. The van der Waals surface area contributed by atoms with E-state index < -0.39 is 0 Å². The topological polar surface area (TPSA) is 82.1 Å². The SMILES string of the molecule is CCc1ccc2c(c1)c(C(=Cc1[nH]nc3ncccc13)C(=O)N[C@H](CN1CCN(C)CC1)c1ccccc1)cn2C. The Hall–Kier alpha value is -4.27. The van der Waals surface area contributed by atoms with Gasteiger partial charge in [0.1, 0.15) is 0 Å². The van der Waals surface area contributed by atoms with Gasteiger partial charge in [0.15, 0.2) is 5.65 Å². The fourth-order valence-electron chi connectivity index (χ4n) is 5.71. The molecule has 210 valence electrons. The molecule has 8 heteroatoms. The number of hydrogen-bond donors (Lipinski definition) is 2. The summed E-state index contributed by atoms with van der Waals surface area (Å²) in [7, 11) is 4.19. The molecule has 2 aromatic carbocycles. The molecule has 1 aliphatic rings. The van der Waals surface area contributed by atoms with Crippen LogP contribution in [0.4, 0.5) is 0 Å². The van der Waals surface area contributed by atoms with Crippen molar-refractivity contribution in [1.82, 2.24) is 34.9 Å². The van der Waals surface area contributed by atoms with Gasteiger partial charge in [-0.15, -0.1) is 0 Å². The number of rotatable bonds is 8. The van der Waals surface area contributed by atoms with Crippen molar-refractivity contribution in [2.75, 3.05) is 39.8 Å². The molecule has 4 heterocycles. The van der Waals surface area contributed by atoms with Crippen molar-refractivity contribution >= 4 is 39.5 Å². The second kappa shape index (κ2) is 11.7. The molecule has 1 amide bonds. The van der Waals surface area contributed by atoms with Crippen molar-refractivity contribution in [2.24, 2.45) is 7.05 Å². The first kappa shape index (κ1) is 26.9. The number of piperazine rings is 1. The van der Waals surface area contributed by atoms with Crippen molar-refractivity contribution in [3.63, 3.8) is 0 Å². The highest BCUT2D eigenvalue weighted by Gasteiger charge is 2.25. The number of fused-ring (bicyclic) bond motifs is 2. The van der Waals surface area contributed by atoms with Crippen LogP contribution >= 0.6 is 0 Å². The van der Waals surface area contributed by atoms with E-state index in [0.717, 1.165) is 72.3 Å². The van der Waals surface area contributed by atoms with Gasteiger partial charge in [-0.1, -0.05) is 43.3 Å². The maximum absolute atomic E-state index is 14.4. The van der Waals surface area contributed by atoms with Crippen molar-refractivity contribution in [3.05, 3.63) is 95.4 Å². The van der Waals surface area contributed by atoms with Gasteiger partial charge < -0.3 is 14.8 Å². The fraction of sp³-hybridized carbons (Fsp3) is 0.303. The molecule has 1 atom stereocenters. The lowest BCUT2D eigenvalue weighted by atomic mass is 9.99. The molecule has 0 bridgehead atoms. The molecule has 0 radical (unpaired) electrons. The van der Waals surface area contributed by atoms with Gasteiger partial charge in [0.2, 0.25) is 0 Å². The highest BCUT2D eigenvalue weighted by Crippen LogP contribution is 2.31. The van der Waals surface area contributed by atoms with E-state index in [-0.39, 0.29) is 11.9 Å². The van der Waals surface area contributed by atoms with Crippen LogP contribution in [0.3, 0.4) is 0 Å². The van der Waals surface area contributed by atoms with Gasteiger partial charge in [0.25, 0.3) is 5.91 Å². The number of carbonyl (C=O) groups excluding carboxylic acids is 1. The maximum atomic E-state index is 14.4. The Kier molecular flexibility index (Phi) is 7.67. The highest BCUT2D eigenvalue weighted by atomic mass is 16.1. The Balaban J connectivity index is 1.43. The molecule has 0 saturated carbocycles. The number of aryl methyl sites for hydroxylation is 2. The second-order valence-electron chi connectivity index (χ2n) is 11.0. The third kappa shape index (κ3) is 5.66. The van der Waals surface area contributed by atoms with Crippen LogP contribution in [-0.2, 0) is 18.3 Å². The van der Waals surface area contributed by atoms with Crippen LogP contribution in [0.2, 0.25) is 0 Å². The summed E-state index contributed by atoms with van der Waals surface area (Å²) in [5, 5.41) is 12.9. The number of benzene rings is 2. The molecule has 3 aromatic heterocycles. The number of aromatic nitrogens is 4. The van der Waals surface area contributed by atoms with Gasteiger partial charge in [0, 0.05) is 74.0 Å². The average molecular weight is 548 g/mol. The molecule has 0 spiro atoms. The van der Waals surface area contributed by atoms with Crippen molar-refractivity contribution in [1.29, 1.82) is 0 Å². The standard InChI is InChI=1S/C33H37N7O/c1-4-23-12-13-31-26(19-23)28(21-39(31)3)27(20-29-25-11-8-14-34-32(25)37-36-29)33(41)35-30(24-9-6-5-7-10-24)22-40-17-15-38(2)16-18-40/h5-14,19-21,30H,4,15-18,22H2,1-3H3,(H,35,41)(H,34,36,37)/t30-/m1/s1. The van der Waals surface area contributed by atoms with Gasteiger partial charge in [-0.25, -0.2) is 4.98 Å². The lowest BCUT2D eigenvalue weighted by Crippen LogP contribution is -2.47. The minimum Gasteiger partial charge on any atom is -0.350 e. The molecule has 1 saturated heterocycles. The molecule has 0 unspecified atom stereocenters. The van der Waals surface area contributed by atoms with E-state index in [0.29, 0.717) is 11.2 Å². The van der Waals surface area contributed by atoms with E-state index in [1.165, 1.54) is 5.56 Å². The molecular formula is C33H37N7O. The van der Waals surface area contributed by atoms with Crippen LogP contribution < -0.4 is 5.32 Å². The smallest absolute Gasteiger partial charge is 0.252 e. The van der Waals surface area contributed by atoms with Gasteiger partial charge in [-0.2, -0.15) is 5.10 Å². The van der Waals surface area contributed by atoms with Crippen LogP contribution in [0, 0.1) is 0 Å². The zero-order valence-corrected chi connectivity index (χ0v) is 24.0. The van der Waals surface area contributed by atoms with E-state index in [2.05, 4.69) is 85.4 Å². The fourth-order valence-corrected chi connectivity index (χ4v) is 5.71. The summed E-state index contributed by atoms with van der Waals surface area (Å²) >= 11 is 0. The Morgan fingerprint density at radius 3 is 2.61 bits per heavy atom. The predicted molar refractivity (Wildman–Crippen MR) is 165 cm³/mol. The molecule has 8 nitrogen and oxygen atoms in total. The number of nitrogens with zero attached hydrogens (tertiary/aromatic N) is 5. The number of aromatic amines is 1. The third-order valence-electron chi connectivity index (χ3n) is 8.19. The van der Waals surface area contributed by atoms with Crippen LogP contribution in [-0.4, -0.2) is 75.2 Å². The summed E-state index contributed by atoms with van der Waals surface area (Å²) in [6.07, 6.45) is 6.64. The Bertz CT molecular complexity index is 1690. The number of amides is 1. The average Bonchev–Trinajstić information content (AvgIpc) is 3.57. The first-order valence-corrected chi connectivity index (χ1v) is 14.4. The molecular weight excluding hydrogens is 510 g/mol. The summed E-state index contributed by atoms with van der Waals surface area (Å²) in [5.41, 5.74) is 6.30. The van der Waals surface area contributed by atoms with E-state index in [1.54, 1.807) is 6.20 Å². The van der Waals surface area contributed by atoms with Crippen LogP contribution in [0.15, 0.2) is 73.1 Å². The van der Waals surface area contributed by atoms with E-state index in [9.17, 15) is 4.79 Å². The minimum atomic E-state index is -0.156. The Morgan fingerprint density at radius 1 is 1.02 bits per heavy atom. The van der Waals surface area contributed by atoms with Crippen molar-refractivity contribution in [3.8, 4) is 0 Å². The quantitative estimate of drug-likeness (QED) is 0.276. The zero-order chi connectivity index (χ0) is 28.3. The minimum absolute atomic E-state index is 0.117. The van der Waals surface area contributed by atoms with Crippen LogP contribution in [0.5, 0.6) is 0 Å². The van der Waals surface area contributed by atoms with E-state index in [1.807, 2.05) is 43.5 Å². The first-order chi connectivity index (χ1) is 20.0. The molecule has 41 heavy (non-hydrogen) atoms. The lowest BCUT2D eigenvalue weighted by molar-refractivity contribution is -0.116. The summed E-state index contributed by atoms with van der Waals surface area (Å²) in [4.78, 5) is 23.6. The Labute approximate surface area is 240 Å². The lowest BCUT2D eigenvalue weighted by Gasteiger charge is -2.35. The number of pyridine rings is 1. The largest absolute Gasteiger partial charge is 0.350 e. The Morgan fingerprint density at radius 2 is 1.83 bits per heavy atom. The maximum Gasteiger partial charge on any atom is 0.252 e. The number of nitrogens with one attached hydrogen (secondary N) is 2. The van der Waals surface area contributed by atoms with Crippen LogP contribution in [0.1, 0.15) is 35.3 Å². The number of hydrogen-bond acceptors (Lipinski definition) is 5. The summed E-state index contributed by atoms with van der Waals surface area (Å²) < 4.78 is 2.09. The molecule has 2 N–H and O–H groups in total. The number of H-pyrrole nitrogens is 1. The van der Waals surface area contributed by atoms with Crippen molar-refractivity contribution < 1.29 is 4.79 Å². The van der Waals surface area contributed by atoms with E-state index in [4.69, 9.17) is 0 Å². The van der Waals surface area contributed by atoms with Gasteiger partial charge >= 0.3 is 0 Å². The van der Waals surface area contributed by atoms with E-state index >= 15 is 0 Å². The summed E-state index contributed by atoms with van der Waals surface area (Å²) in [5.74, 6) is -0.117.